The van der Waals surface area contributed by atoms with Gasteiger partial charge in [0.1, 0.15) is 0 Å². The minimum absolute atomic E-state index is 0.137. The number of nitrogens with zero attached hydrogens (tertiary/aromatic N) is 2. The van der Waals surface area contributed by atoms with Crippen LogP contribution in [0.25, 0.3) is 0 Å². The molecular formula is C20H28N2OS. The Bertz CT molecular complexity index is 616. The molecule has 1 aliphatic carbocycles. The Balaban J connectivity index is 1.45. The van der Waals surface area contributed by atoms with Crippen molar-refractivity contribution in [1.29, 1.82) is 0 Å². The molecule has 4 heteroatoms. The van der Waals surface area contributed by atoms with E-state index in [1.54, 1.807) is 0 Å². The summed E-state index contributed by atoms with van der Waals surface area (Å²) in [6, 6.07) is 6.49. The molecular weight excluding hydrogens is 316 g/mol. The zero-order valence-corrected chi connectivity index (χ0v) is 15.3. The van der Waals surface area contributed by atoms with E-state index in [0.29, 0.717) is 0 Å². The monoisotopic (exact) mass is 344 g/mol. The Morgan fingerprint density at radius 1 is 1.17 bits per heavy atom. The molecule has 2 aromatic heterocycles. The molecule has 1 unspecified atom stereocenters. The molecule has 2 aromatic rings. The summed E-state index contributed by atoms with van der Waals surface area (Å²) in [5, 5.41) is 6.84. The molecule has 24 heavy (non-hydrogen) atoms. The van der Waals surface area contributed by atoms with Gasteiger partial charge in [0.25, 0.3) is 0 Å². The van der Waals surface area contributed by atoms with E-state index in [2.05, 4.69) is 39.6 Å². The van der Waals surface area contributed by atoms with Crippen molar-refractivity contribution in [2.24, 2.45) is 0 Å². The van der Waals surface area contributed by atoms with Crippen molar-refractivity contribution in [2.45, 2.75) is 75.3 Å². The number of aromatic nitrogens is 2. The maximum Gasteiger partial charge on any atom is 0.0705 e. The van der Waals surface area contributed by atoms with Gasteiger partial charge in [-0.2, -0.15) is 5.10 Å². The van der Waals surface area contributed by atoms with Gasteiger partial charge in [0.05, 0.1) is 11.1 Å². The van der Waals surface area contributed by atoms with Crippen molar-refractivity contribution in [3.63, 3.8) is 0 Å². The SMILES string of the molecule is c1csc(CCCCC2(n3cccn3)CCOC3(CCCC3)C2)c1. The van der Waals surface area contributed by atoms with Crippen LogP contribution in [0.2, 0.25) is 0 Å². The topological polar surface area (TPSA) is 27.1 Å². The first-order valence-electron chi connectivity index (χ1n) is 9.47. The van der Waals surface area contributed by atoms with Gasteiger partial charge in [-0.3, -0.25) is 4.68 Å². The number of aryl methyl sites for hydroxylation is 1. The van der Waals surface area contributed by atoms with Gasteiger partial charge < -0.3 is 4.74 Å². The summed E-state index contributed by atoms with van der Waals surface area (Å²) in [5.74, 6) is 0. The predicted octanol–water partition coefficient (Wildman–Crippen LogP) is 5.18. The van der Waals surface area contributed by atoms with Crippen LogP contribution in [0.1, 0.15) is 62.7 Å². The van der Waals surface area contributed by atoms with Crippen molar-refractivity contribution in [3.8, 4) is 0 Å². The van der Waals surface area contributed by atoms with Gasteiger partial charge in [-0.05, 0) is 56.0 Å². The first-order chi connectivity index (χ1) is 11.8. The minimum Gasteiger partial charge on any atom is -0.375 e. The van der Waals surface area contributed by atoms with Crippen LogP contribution in [0, 0.1) is 0 Å². The number of unbranched alkanes of at least 4 members (excludes halogenated alkanes) is 1. The summed E-state index contributed by atoms with van der Waals surface area (Å²) in [7, 11) is 0. The second kappa shape index (κ2) is 7.01. The van der Waals surface area contributed by atoms with Crippen molar-refractivity contribution in [1.82, 2.24) is 9.78 Å². The molecule has 130 valence electrons. The highest BCUT2D eigenvalue weighted by Gasteiger charge is 2.48. The standard InChI is InChI=1S/C20H28N2OS/c1(7-18-8-5-16-24-18)2-9-19(22-14-6-13-21-22)12-15-23-20(17-19)10-3-4-11-20/h5-6,8,13-14,16H,1-4,7,9-12,15,17H2. The maximum atomic E-state index is 6.31. The van der Waals surface area contributed by atoms with E-state index in [9.17, 15) is 0 Å². The number of thiophene rings is 1. The van der Waals surface area contributed by atoms with E-state index in [1.165, 1.54) is 56.2 Å². The number of ether oxygens (including phenoxy) is 1. The summed E-state index contributed by atoms with van der Waals surface area (Å²) in [5.41, 5.74) is 0.305. The molecule has 1 saturated carbocycles. The third-order valence-electron chi connectivity index (χ3n) is 6.03. The Hall–Kier alpha value is -1.13. The Morgan fingerprint density at radius 2 is 2.08 bits per heavy atom. The lowest BCUT2D eigenvalue weighted by Crippen LogP contribution is -2.49. The van der Waals surface area contributed by atoms with Crippen LogP contribution in [-0.2, 0) is 16.7 Å². The Labute approximate surface area is 149 Å². The third kappa shape index (κ3) is 3.31. The minimum atomic E-state index is 0.137. The van der Waals surface area contributed by atoms with Gasteiger partial charge in [-0.1, -0.05) is 25.3 Å². The lowest BCUT2D eigenvalue weighted by Gasteiger charge is -2.47. The van der Waals surface area contributed by atoms with E-state index in [1.807, 2.05) is 17.5 Å². The molecule has 0 amide bonds. The molecule has 3 nitrogen and oxygen atoms in total. The molecule has 0 bridgehead atoms. The molecule has 2 fully saturated rings. The largest absolute Gasteiger partial charge is 0.375 e. The van der Waals surface area contributed by atoms with E-state index < -0.39 is 0 Å². The van der Waals surface area contributed by atoms with Gasteiger partial charge in [0, 0.05) is 30.3 Å². The van der Waals surface area contributed by atoms with Crippen LogP contribution in [0.5, 0.6) is 0 Å². The maximum absolute atomic E-state index is 6.31. The Morgan fingerprint density at radius 3 is 2.83 bits per heavy atom. The molecule has 4 rings (SSSR count). The number of hydrogen-bond acceptors (Lipinski definition) is 3. The van der Waals surface area contributed by atoms with Crippen molar-refractivity contribution < 1.29 is 4.74 Å². The van der Waals surface area contributed by atoms with Gasteiger partial charge in [0.2, 0.25) is 0 Å². The van der Waals surface area contributed by atoms with E-state index in [-0.39, 0.29) is 11.1 Å². The fourth-order valence-corrected chi connectivity index (χ4v) is 5.57. The Kier molecular flexibility index (Phi) is 4.77. The molecule has 1 saturated heterocycles. The zero-order valence-electron chi connectivity index (χ0n) is 14.5. The third-order valence-corrected chi connectivity index (χ3v) is 6.96. The highest BCUT2D eigenvalue weighted by Crippen LogP contribution is 2.48. The van der Waals surface area contributed by atoms with Crippen molar-refractivity contribution in [2.75, 3.05) is 6.61 Å². The highest BCUT2D eigenvalue weighted by atomic mass is 32.1. The van der Waals surface area contributed by atoms with Crippen LogP contribution in [0.15, 0.2) is 36.0 Å². The number of hydrogen-bond donors (Lipinski definition) is 0. The molecule has 3 heterocycles. The highest BCUT2D eigenvalue weighted by molar-refractivity contribution is 7.09. The fraction of sp³-hybridized carbons (Fsp3) is 0.650. The smallest absolute Gasteiger partial charge is 0.0705 e. The zero-order chi connectivity index (χ0) is 16.3. The van der Waals surface area contributed by atoms with Crippen molar-refractivity contribution >= 4 is 11.3 Å². The average Bonchev–Trinajstić information content (AvgIpc) is 3.34. The van der Waals surface area contributed by atoms with Gasteiger partial charge in [-0.25, -0.2) is 0 Å². The van der Waals surface area contributed by atoms with Crippen LogP contribution in [-0.4, -0.2) is 22.0 Å². The van der Waals surface area contributed by atoms with E-state index in [4.69, 9.17) is 4.74 Å². The second-order valence-corrected chi connectivity index (χ2v) is 8.66. The average molecular weight is 345 g/mol. The van der Waals surface area contributed by atoms with Gasteiger partial charge >= 0.3 is 0 Å². The molecule has 0 aromatic carbocycles. The lowest BCUT2D eigenvalue weighted by atomic mass is 9.75. The molecule has 1 spiro atoms. The first kappa shape index (κ1) is 16.3. The number of rotatable bonds is 6. The summed E-state index contributed by atoms with van der Waals surface area (Å²) >= 11 is 1.88. The van der Waals surface area contributed by atoms with Gasteiger partial charge in [-0.15, -0.1) is 11.3 Å². The van der Waals surface area contributed by atoms with E-state index in [0.717, 1.165) is 19.4 Å². The summed E-state index contributed by atoms with van der Waals surface area (Å²) in [6.45, 7) is 0.894. The molecule has 0 N–H and O–H groups in total. The second-order valence-electron chi connectivity index (χ2n) is 7.63. The molecule has 1 atom stereocenters. The van der Waals surface area contributed by atoms with Crippen LogP contribution in [0.4, 0.5) is 0 Å². The van der Waals surface area contributed by atoms with Crippen LogP contribution in [0.3, 0.4) is 0 Å². The molecule has 0 radical (unpaired) electrons. The quantitative estimate of drug-likeness (QED) is 0.675. The summed E-state index contributed by atoms with van der Waals surface area (Å²) in [6.07, 6.45) is 16.5. The summed E-state index contributed by atoms with van der Waals surface area (Å²) in [4.78, 5) is 1.52. The lowest BCUT2D eigenvalue weighted by molar-refractivity contribution is -0.122. The summed E-state index contributed by atoms with van der Waals surface area (Å²) < 4.78 is 8.57. The van der Waals surface area contributed by atoms with Crippen LogP contribution < -0.4 is 0 Å². The first-order valence-corrected chi connectivity index (χ1v) is 10.3. The predicted molar refractivity (Wildman–Crippen MR) is 98.5 cm³/mol. The van der Waals surface area contributed by atoms with Gasteiger partial charge in [0.15, 0.2) is 0 Å². The van der Waals surface area contributed by atoms with E-state index >= 15 is 0 Å². The normalized spacial score (nSPS) is 26.2. The molecule has 2 aliphatic rings. The molecule has 1 aliphatic heterocycles. The van der Waals surface area contributed by atoms with Crippen LogP contribution >= 0.6 is 11.3 Å². The van der Waals surface area contributed by atoms with Crippen molar-refractivity contribution in [3.05, 3.63) is 40.8 Å². The fourth-order valence-electron chi connectivity index (χ4n) is 4.82.